The van der Waals surface area contributed by atoms with Crippen molar-refractivity contribution in [3.63, 3.8) is 0 Å². The average Bonchev–Trinajstić information content (AvgIpc) is 2.76. The van der Waals surface area contributed by atoms with Gasteiger partial charge < -0.3 is 5.32 Å². The van der Waals surface area contributed by atoms with Gasteiger partial charge in [-0.15, -0.1) is 11.3 Å². The number of carbonyl (C=O) groups is 1. The molecule has 2 aromatic rings. The van der Waals surface area contributed by atoms with Crippen molar-refractivity contribution in [1.29, 1.82) is 0 Å². The van der Waals surface area contributed by atoms with Crippen LogP contribution in [-0.2, 0) is 11.2 Å². The number of amides is 1. The molecule has 0 saturated heterocycles. The van der Waals surface area contributed by atoms with Crippen LogP contribution in [0.3, 0.4) is 0 Å². The van der Waals surface area contributed by atoms with Gasteiger partial charge in [-0.1, -0.05) is 0 Å². The van der Waals surface area contributed by atoms with Gasteiger partial charge in [-0.05, 0) is 12.1 Å². The Morgan fingerprint density at radius 3 is 2.82 bits per heavy atom. The molecule has 0 aliphatic carbocycles. The van der Waals surface area contributed by atoms with Crippen LogP contribution in [0.4, 0.5) is 14.5 Å². The minimum absolute atomic E-state index is 0.170. The van der Waals surface area contributed by atoms with Crippen molar-refractivity contribution in [1.82, 2.24) is 4.98 Å². The molecule has 0 unspecified atom stereocenters. The number of nitrogens with one attached hydrogen (secondary N) is 1. The average molecular weight is 254 g/mol. The molecule has 2 rings (SSSR count). The van der Waals surface area contributed by atoms with E-state index < -0.39 is 11.6 Å². The maximum absolute atomic E-state index is 12.9. The molecule has 3 nitrogen and oxygen atoms in total. The maximum atomic E-state index is 12.9. The monoisotopic (exact) mass is 254 g/mol. The van der Waals surface area contributed by atoms with Gasteiger partial charge >= 0.3 is 0 Å². The fourth-order valence-electron chi connectivity index (χ4n) is 1.27. The topological polar surface area (TPSA) is 42.0 Å². The molecule has 17 heavy (non-hydrogen) atoms. The minimum atomic E-state index is -0.986. The van der Waals surface area contributed by atoms with Gasteiger partial charge in [0.05, 0.1) is 11.9 Å². The molecule has 0 radical (unpaired) electrons. The molecule has 0 aliphatic heterocycles. The lowest BCUT2D eigenvalue weighted by molar-refractivity contribution is -0.115. The molecule has 1 amide bonds. The third-order valence-electron chi connectivity index (χ3n) is 2.02. The second-order valence-electron chi connectivity index (χ2n) is 3.32. The van der Waals surface area contributed by atoms with Crippen LogP contribution in [0.25, 0.3) is 0 Å². The third kappa shape index (κ3) is 3.07. The van der Waals surface area contributed by atoms with E-state index in [1.807, 2.05) is 0 Å². The quantitative estimate of drug-likeness (QED) is 0.914. The Bertz CT molecular complexity index is 528. The van der Waals surface area contributed by atoms with Crippen LogP contribution < -0.4 is 5.32 Å². The second-order valence-corrected chi connectivity index (χ2v) is 4.29. The van der Waals surface area contributed by atoms with E-state index in [1.165, 1.54) is 17.4 Å². The zero-order chi connectivity index (χ0) is 12.3. The summed E-state index contributed by atoms with van der Waals surface area (Å²) in [5, 5.41) is 2.48. The van der Waals surface area contributed by atoms with Gasteiger partial charge in [-0.3, -0.25) is 9.78 Å². The predicted molar refractivity (Wildman–Crippen MR) is 60.8 cm³/mol. The van der Waals surface area contributed by atoms with Crippen molar-refractivity contribution in [2.75, 3.05) is 5.32 Å². The fourth-order valence-corrected chi connectivity index (χ4v) is 1.86. The maximum Gasteiger partial charge on any atom is 0.229 e. The molecule has 1 N–H and O–H groups in total. The van der Waals surface area contributed by atoms with Gasteiger partial charge in [-0.2, -0.15) is 0 Å². The highest BCUT2D eigenvalue weighted by Gasteiger charge is 2.07. The summed E-state index contributed by atoms with van der Waals surface area (Å²) in [6, 6.07) is 3.22. The van der Waals surface area contributed by atoms with Gasteiger partial charge in [0.25, 0.3) is 0 Å². The molecule has 0 saturated carbocycles. The highest BCUT2D eigenvalue weighted by molar-refractivity contribution is 7.09. The predicted octanol–water partition coefficient (Wildman–Crippen LogP) is 2.60. The van der Waals surface area contributed by atoms with Gasteiger partial charge in [0.2, 0.25) is 5.91 Å². The Morgan fingerprint density at radius 2 is 2.18 bits per heavy atom. The van der Waals surface area contributed by atoms with E-state index in [9.17, 15) is 13.6 Å². The fraction of sp³-hybridized carbons (Fsp3) is 0.0909. The van der Waals surface area contributed by atoms with E-state index >= 15 is 0 Å². The van der Waals surface area contributed by atoms with Gasteiger partial charge in [0, 0.05) is 22.8 Å². The summed E-state index contributed by atoms with van der Waals surface area (Å²) >= 11 is 1.36. The number of hydrogen-bond donors (Lipinski definition) is 1. The van der Waals surface area contributed by atoms with Gasteiger partial charge in [0.15, 0.2) is 11.6 Å². The smallest absolute Gasteiger partial charge is 0.229 e. The minimum Gasteiger partial charge on any atom is -0.326 e. The van der Waals surface area contributed by atoms with Crippen LogP contribution in [0.2, 0.25) is 0 Å². The van der Waals surface area contributed by atoms with E-state index in [4.69, 9.17) is 0 Å². The summed E-state index contributed by atoms with van der Waals surface area (Å²) in [4.78, 5) is 16.2. The summed E-state index contributed by atoms with van der Waals surface area (Å²) in [7, 11) is 0. The molecule has 0 fully saturated rings. The zero-order valence-corrected chi connectivity index (χ0v) is 9.43. The summed E-state index contributed by atoms with van der Waals surface area (Å²) in [5.74, 6) is -2.22. The summed E-state index contributed by atoms with van der Waals surface area (Å²) in [6.45, 7) is 0. The normalized spacial score (nSPS) is 10.2. The van der Waals surface area contributed by atoms with E-state index in [0.717, 1.165) is 17.0 Å². The first-order valence-electron chi connectivity index (χ1n) is 4.77. The SMILES string of the molecule is O=C(Cc1cncs1)Nc1ccc(F)c(F)c1. The molecule has 1 aromatic heterocycles. The molecular weight excluding hydrogens is 246 g/mol. The Morgan fingerprint density at radius 1 is 1.35 bits per heavy atom. The Kier molecular flexibility index (Phi) is 3.43. The molecule has 0 atom stereocenters. The molecule has 88 valence electrons. The number of anilines is 1. The van der Waals surface area contributed by atoms with E-state index in [-0.39, 0.29) is 18.0 Å². The lowest BCUT2D eigenvalue weighted by atomic mass is 10.3. The van der Waals surface area contributed by atoms with Gasteiger partial charge in [0.1, 0.15) is 0 Å². The number of thiazole rings is 1. The van der Waals surface area contributed by atoms with Crippen LogP contribution in [0.15, 0.2) is 29.9 Å². The summed E-state index contributed by atoms with van der Waals surface area (Å²) < 4.78 is 25.5. The van der Waals surface area contributed by atoms with Crippen LogP contribution in [-0.4, -0.2) is 10.9 Å². The number of rotatable bonds is 3. The first kappa shape index (κ1) is 11.7. The lowest BCUT2D eigenvalue weighted by Crippen LogP contribution is -2.13. The number of aromatic nitrogens is 1. The van der Waals surface area contributed by atoms with Crippen molar-refractivity contribution in [3.05, 3.63) is 46.4 Å². The summed E-state index contributed by atoms with van der Waals surface area (Å²) in [6.07, 6.45) is 1.76. The van der Waals surface area contributed by atoms with E-state index in [1.54, 1.807) is 11.7 Å². The highest BCUT2D eigenvalue weighted by atomic mass is 32.1. The molecule has 0 aliphatic rings. The Hall–Kier alpha value is -1.82. The van der Waals surface area contributed by atoms with E-state index in [2.05, 4.69) is 10.3 Å². The first-order valence-corrected chi connectivity index (χ1v) is 5.65. The number of carbonyl (C=O) groups excluding carboxylic acids is 1. The zero-order valence-electron chi connectivity index (χ0n) is 8.61. The number of hydrogen-bond acceptors (Lipinski definition) is 3. The molecule has 6 heteroatoms. The highest BCUT2D eigenvalue weighted by Crippen LogP contribution is 2.14. The molecular formula is C11H8F2N2OS. The van der Waals surface area contributed by atoms with Crippen LogP contribution >= 0.6 is 11.3 Å². The Balaban J connectivity index is 2.00. The van der Waals surface area contributed by atoms with Crippen molar-refractivity contribution in [2.45, 2.75) is 6.42 Å². The molecule has 0 bridgehead atoms. The van der Waals surface area contributed by atoms with Crippen LogP contribution in [0, 0.1) is 11.6 Å². The summed E-state index contributed by atoms with van der Waals surface area (Å²) in [5.41, 5.74) is 1.86. The lowest BCUT2D eigenvalue weighted by Gasteiger charge is -2.04. The number of halogens is 2. The van der Waals surface area contributed by atoms with Crippen LogP contribution in [0.1, 0.15) is 4.88 Å². The molecule has 1 aromatic carbocycles. The third-order valence-corrected chi connectivity index (χ3v) is 2.80. The largest absolute Gasteiger partial charge is 0.326 e. The van der Waals surface area contributed by atoms with Gasteiger partial charge in [-0.25, -0.2) is 8.78 Å². The van der Waals surface area contributed by atoms with E-state index in [0.29, 0.717) is 0 Å². The Labute approximate surface area is 100 Å². The van der Waals surface area contributed by atoms with Crippen molar-refractivity contribution in [2.24, 2.45) is 0 Å². The van der Waals surface area contributed by atoms with Crippen molar-refractivity contribution < 1.29 is 13.6 Å². The van der Waals surface area contributed by atoms with Crippen LogP contribution in [0.5, 0.6) is 0 Å². The first-order chi connectivity index (χ1) is 8.15. The van der Waals surface area contributed by atoms with Crippen molar-refractivity contribution >= 4 is 22.9 Å². The number of benzene rings is 1. The van der Waals surface area contributed by atoms with Crippen molar-refractivity contribution in [3.8, 4) is 0 Å². The molecule has 0 spiro atoms. The second kappa shape index (κ2) is 5.01. The standard InChI is InChI=1S/C11H8F2N2OS/c12-9-2-1-7(3-10(9)13)15-11(16)4-8-5-14-6-17-8/h1-3,5-6H,4H2,(H,15,16). The number of nitrogens with zero attached hydrogens (tertiary/aromatic N) is 1. The molecule has 1 heterocycles.